The first kappa shape index (κ1) is 17.5. The van der Waals surface area contributed by atoms with Crippen molar-refractivity contribution in [3.05, 3.63) is 65.2 Å². The van der Waals surface area contributed by atoms with Gasteiger partial charge in [0.2, 0.25) is 0 Å². The first-order chi connectivity index (χ1) is 12.6. The number of rotatable bonds is 5. The van der Waals surface area contributed by atoms with Gasteiger partial charge in [0.1, 0.15) is 0 Å². The Morgan fingerprint density at radius 3 is 2.54 bits per heavy atom. The van der Waals surface area contributed by atoms with Gasteiger partial charge in [-0.1, -0.05) is 30.3 Å². The zero-order chi connectivity index (χ0) is 18.5. The summed E-state index contributed by atoms with van der Waals surface area (Å²) in [6.07, 6.45) is -0.529. The van der Waals surface area contributed by atoms with Crippen molar-refractivity contribution in [2.24, 2.45) is 0 Å². The second-order valence-corrected chi connectivity index (χ2v) is 5.89. The minimum absolute atomic E-state index is 0.215. The smallest absolute Gasteiger partial charge is 0.339 e. The zero-order valence-corrected chi connectivity index (χ0v) is 14.0. The summed E-state index contributed by atoms with van der Waals surface area (Å²) in [6.45, 7) is 0.448. The largest absolute Gasteiger partial charge is 0.448 e. The molecule has 134 valence electrons. The molecule has 2 amide bonds. The lowest BCUT2D eigenvalue weighted by Gasteiger charge is -2.23. The summed E-state index contributed by atoms with van der Waals surface area (Å²) >= 11 is 0. The molecule has 2 aromatic rings. The topological polar surface area (TPSA) is 111 Å². The van der Waals surface area contributed by atoms with Crippen molar-refractivity contribution >= 4 is 23.5 Å². The Morgan fingerprint density at radius 2 is 1.73 bits per heavy atom. The molecule has 0 unspecified atom stereocenters. The first-order valence-electron chi connectivity index (χ1n) is 8.25. The molecule has 0 radical (unpaired) electrons. The van der Waals surface area contributed by atoms with Crippen molar-refractivity contribution < 1.29 is 19.1 Å². The molecule has 7 nitrogen and oxygen atoms in total. The average molecular weight is 353 g/mol. The van der Waals surface area contributed by atoms with Gasteiger partial charge in [-0.15, -0.1) is 0 Å². The number of ether oxygens (including phenoxy) is 1. The summed E-state index contributed by atoms with van der Waals surface area (Å²) in [5.41, 5.74) is 7.80. The van der Waals surface area contributed by atoms with Gasteiger partial charge in [-0.25, -0.2) is 4.79 Å². The summed E-state index contributed by atoms with van der Waals surface area (Å²) in [7, 11) is 0. The molecule has 1 heterocycles. The number of benzene rings is 2. The number of fused-ring (bicyclic) bond motifs is 1. The quantitative estimate of drug-likeness (QED) is 0.420. The van der Waals surface area contributed by atoms with Gasteiger partial charge in [-0.2, -0.15) is 0 Å². The van der Waals surface area contributed by atoms with Gasteiger partial charge in [0, 0.05) is 25.2 Å². The minimum Gasteiger partial charge on any atom is -0.448 e. The fourth-order valence-corrected chi connectivity index (χ4v) is 2.75. The summed E-state index contributed by atoms with van der Waals surface area (Å²) in [6, 6.07) is 13.8. The number of cyclic esters (lactones) is 1. The van der Waals surface area contributed by atoms with Crippen molar-refractivity contribution in [1.29, 1.82) is 0 Å². The van der Waals surface area contributed by atoms with Crippen LogP contribution in [0, 0.1) is 0 Å². The molecule has 1 aliphatic rings. The lowest BCUT2D eigenvalue weighted by Crippen LogP contribution is -2.44. The number of esters is 1. The number of anilines is 1. The zero-order valence-electron chi connectivity index (χ0n) is 14.0. The third-order valence-electron chi connectivity index (χ3n) is 4.10. The fraction of sp³-hybridized carbons (Fsp3) is 0.211. The highest BCUT2D eigenvalue weighted by Gasteiger charge is 2.30. The molecule has 0 saturated heterocycles. The molecule has 0 aromatic heterocycles. The SMILES string of the molecule is Nc1ccccc1C(=O)NCCNC(=O)[C@@H]1Cc2ccccc2C(=O)O1. The lowest BCUT2D eigenvalue weighted by atomic mass is 9.98. The van der Waals surface area contributed by atoms with Crippen LogP contribution >= 0.6 is 0 Å². The molecule has 0 aliphatic carbocycles. The highest BCUT2D eigenvalue weighted by atomic mass is 16.5. The Morgan fingerprint density at radius 1 is 1.04 bits per heavy atom. The Balaban J connectivity index is 1.47. The normalized spacial score (nSPS) is 15.5. The number of para-hydroxylation sites is 1. The standard InChI is InChI=1S/C19H19N3O4/c20-15-8-4-3-7-14(15)17(23)21-9-10-22-18(24)16-11-12-5-1-2-6-13(12)19(25)26-16/h1-8,16H,9-11,20H2,(H,21,23)(H,22,24)/t16-/m0/s1. The maximum atomic E-state index is 12.2. The number of carbonyl (C=O) groups excluding carboxylic acids is 3. The molecule has 0 spiro atoms. The van der Waals surface area contributed by atoms with Crippen molar-refractivity contribution in [3.8, 4) is 0 Å². The van der Waals surface area contributed by atoms with Gasteiger partial charge in [-0.05, 0) is 23.8 Å². The van der Waals surface area contributed by atoms with Gasteiger partial charge >= 0.3 is 5.97 Å². The molecule has 0 saturated carbocycles. The van der Waals surface area contributed by atoms with Crippen LogP contribution in [0.15, 0.2) is 48.5 Å². The van der Waals surface area contributed by atoms with Crippen LogP contribution in [0.2, 0.25) is 0 Å². The van der Waals surface area contributed by atoms with Crippen LogP contribution in [-0.2, 0) is 16.0 Å². The monoisotopic (exact) mass is 353 g/mol. The summed E-state index contributed by atoms with van der Waals surface area (Å²) < 4.78 is 5.18. The van der Waals surface area contributed by atoms with Crippen molar-refractivity contribution in [3.63, 3.8) is 0 Å². The molecular formula is C19H19N3O4. The van der Waals surface area contributed by atoms with Crippen LogP contribution in [0.4, 0.5) is 5.69 Å². The summed E-state index contributed by atoms with van der Waals surface area (Å²) in [5, 5.41) is 5.34. The van der Waals surface area contributed by atoms with E-state index in [1.54, 1.807) is 42.5 Å². The van der Waals surface area contributed by atoms with E-state index in [1.165, 1.54) is 0 Å². The van der Waals surface area contributed by atoms with E-state index in [0.717, 1.165) is 5.56 Å². The summed E-state index contributed by atoms with van der Waals surface area (Å²) in [4.78, 5) is 36.2. The fourth-order valence-electron chi connectivity index (χ4n) is 2.75. The Hall–Kier alpha value is -3.35. The highest BCUT2D eigenvalue weighted by molar-refractivity contribution is 5.99. The van der Waals surface area contributed by atoms with E-state index in [2.05, 4.69) is 10.6 Å². The number of hydrogen-bond donors (Lipinski definition) is 3. The van der Waals surface area contributed by atoms with Crippen molar-refractivity contribution in [2.75, 3.05) is 18.8 Å². The Kier molecular flexibility index (Phi) is 5.17. The van der Waals surface area contributed by atoms with E-state index in [-0.39, 0.29) is 24.9 Å². The molecule has 26 heavy (non-hydrogen) atoms. The van der Waals surface area contributed by atoms with Gasteiger partial charge in [0.25, 0.3) is 11.8 Å². The second-order valence-electron chi connectivity index (χ2n) is 5.89. The first-order valence-corrected chi connectivity index (χ1v) is 8.25. The molecule has 1 atom stereocenters. The van der Waals surface area contributed by atoms with Crippen LogP contribution in [0.25, 0.3) is 0 Å². The minimum atomic E-state index is -0.863. The third kappa shape index (κ3) is 3.83. The number of nitrogens with one attached hydrogen (secondary N) is 2. The van der Waals surface area contributed by atoms with Crippen LogP contribution < -0.4 is 16.4 Å². The van der Waals surface area contributed by atoms with Gasteiger partial charge < -0.3 is 21.1 Å². The molecule has 0 fully saturated rings. The number of carbonyl (C=O) groups is 3. The predicted octanol–water partition coefficient (Wildman–Crippen LogP) is 0.896. The molecule has 7 heteroatoms. The molecule has 4 N–H and O–H groups in total. The Labute approximate surface area is 150 Å². The van der Waals surface area contributed by atoms with E-state index in [0.29, 0.717) is 23.2 Å². The van der Waals surface area contributed by atoms with E-state index in [9.17, 15) is 14.4 Å². The van der Waals surface area contributed by atoms with Gasteiger partial charge in [0.05, 0.1) is 11.1 Å². The van der Waals surface area contributed by atoms with Crippen LogP contribution in [0.3, 0.4) is 0 Å². The molecule has 0 bridgehead atoms. The Bertz CT molecular complexity index is 850. The number of nitrogen functional groups attached to an aromatic ring is 1. The van der Waals surface area contributed by atoms with Crippen molar-refractivity contribution in [2.45, 2.75) is 12.5 Å². The number of amides is 2. The van der Waals surface area contributed by atoms with Crippen LogP contribution in [-0.4, -0.2) is 37.0 Å². The van der Waals surface area contributed by atoms with Gasteiger partial charge in [-0.3, -0.25) is 9.59 Å². The molecule has 2 aromatic carbocycles. The van der Waals surface area contributed by atoms with E-state index in [4.69, 9.17) is 10.5 Å². The van der Waals surface area contributed by atoms with Crippen LogP contribution in [0.5, 0.6) is 0 Å². The molecule has 1 aliphatic heterocycles. The van der Waals surface area contributed by atoms with Crippen LogP contribution in [0.1, 0.15) is 26.3 Å². The van der Waals surface area contributed by atoms with Crippen molar-refractivity contribution in [1.82, 2.24) is 10.6 Å². The average Bonchev–Trinajstić information content (AvgIpc) is 2.65. The highest BCUT2D eigenvalue weighted by Crippen LogP contribution is 2.20. The molecular weight excluding hydrogens is 334 g/mol. The lowest BCUT2D eigenvalue weighted by molar-refractivity contribution is -0.130. The number of hydrogen-bond acceptors (Lipinski definition) is 5. The predicted molar refractivity (Wildman–Crippen MR) is 95.5 cm³/mol. The maximum absolute atomic E-state index is 12.2. The maximum Gasteiger partial charge on any atom is 0.339 e. The number of nitrogens with two attached hydrogens (primary N) is 1. The van der Waals surface area contributed by atoms with E-state index < -0.39 is 12.1 Å². The third-order valence-corrected chi connectivity index (χ3v) is 4.10. The van der Waals surface area contributed by atoms with Gasteiger partial charge in [0.15, 0.2) is 6.10 Å². The molecule has 3 rings (SSSR count). The second kappa shape index (κ2) is 7.69. The summed E-state index contributed by atoms with van der Waals surface area (Å²) in [5.74, 6) is -1.20. The van der Waals surface area contributed by atoms with E-state index in [1.807, 2.05) is 6.07 Å². The van der Waals surface area contributed by atoms with E-state index >= 15 is 0 Å².